The van der Waals surface area contributed by atoms with Crippen molar-refractivity contribution < 1.29 is 33.0 Å². The lowest BCUT2D eigenvalue weighted by Gasteiger charge is -2.34. The zero-order chi connectivity index (χ0) is 29.5. The first kappa shape index (κ1) is 30.4. The summed E-state index contributed by atoms with van der Waals surface area (Å²) in [6.07, 6.45) is -0.0437. The maximum atomic E-state index is 15.2. The number of rotatable bonds is 11. The fraction of sp³-hybridized carbons (Fsp3) is 0.517. The van der Waals surface area contributed by atoms with Gasteiger partial charge in [0.25, 0.3) is 0 Å². The highest BCUT2D eigenvalue weighted by Gasteiger charge is 2.29. The van der Waals surface area contributed by atoms with Crippen molar-refractivity contribution in [2.45, 2.75) is 52.7 Å². The topological polar surface area (TPSA) is 132 Å². The maximum absolute atomic E-state index is 15.2. The molecule has 41 heavy (non-hydrogen) atoms. The van der Waals surface area contributed by atoms with Gasteiger partial charge in [0.15, 0.2) is 5.82 Å². The highest BCUT2D eigenvalue weighted by atomic mass is 19.1. The first-order valence-corrected chi connectivity index (χ1v) is 13.8. The van der Waals surface area contributed by atoms with Gasteiger partial charge in [-0.2, -0.15) is 0 Å². The van der Waals surface area contributed by atoms with Crippen molar-refractivity contribution in [1.82, 2.24) is 25.3 Å². The van der Waals surface area contributed by atoms with E-state index in [1.807, 2.05) is 13.8 Å². The minimum absolute atomic E-state index is 0.0384. The van der Waals surface area contributed by atoms with E-state index in [0.717, 1.165) is 11.1 Å². The summed E-state index contributed by atoms with van der Waals surface area (Å²) in [6, 6.07) is 4.14. The molecule has 1 aliphatic heterocycles. The summed E-state index contributed by atoms with van der Waals surface area (Å²) in [7, 11) is 1.73. The smallest absolute Gasteiger partial charge is 0.410 e. The second-order valence-corrected chi connectivity index (χ2v) is 9.99. The molecule has 222 valence electrons. The number of amides is 1. The maximum Gasteiger partial charge on any atom is 0.410 e. The Kier molecular flexibility index (Phi) is 10.2. The normalized spacial score (nSPS) is 16.1. The lowest BCUT2D eigenvalue weighted by molar-refractivity contribution is -0.0103. The number of carbonyl (C=O) groups is 1. The fourth-order valence-corrected chi connectivity index (χ4v) is 4.89. The Morgan fingerprint density at radius 3 is 2.80 bits per heavy atom. The van der Waals surface area contributed by atoms with E-state index in [0.29, 0.717) is 74.3 Å². The van der Waals surface area contributed by atoms with Crippen molar-refractivity contribution in [2.75, 3.05) is 46.6 Å². The summed E-state index contributed by atoms with van der Waals surface area (Å²) in [5.41, 5.74) is 3.66. The van der Waals surface area contributed by atoms with Gasteiger partial charge in [-0.15, -0.1) is 0 Å². The molecular weight excluding hydrogens is 533 g/mol. The van der Waals surface area contributed by atoms with Crippen LogP contribution in [0, 0.1) is 26.6 Å². The second-order valence-electron chi connectivity index (χ2n) is 9.99. The number of nitrogens with zero attached hydrogens (tertiary/aromatic N) is 4. The van der Waals surface area contributed by atoms with Gasteiger partial charge < -0.3 is 34.1 Å². The Morgan fingerprint density at radius 2 is 2.10 bits per heavy atom. The van der Waals surface area contributed by atoms with Crippen LogP contribution in [0.2, 0.25) is 0 Å². The van der Waals surface area contributed by atoms with Crippen LogP contribution in [0.5, 0.6) is 5.75 Å². The number of nitrogens with one attached hydrogen (secondary N) is 1. The zero-order valence-corrected chi connectivity index (χ0v) is 24.2. The molecule has 3 aromatic rings. The average Bonchev–Trinajstić information content (AvgIpc) is 3.29. The van der Waals surface area contributed by atoms with Crippen LogP contribution in [0.3, 0.4) is 0 Å². The first-order chi connectivity index (χ1) is 19.7. The molecule has 0 spiro atoms. The highest BCUT2D eigenvalue weighted by Crippen LogP contribution is 2.33. The van der Waals surface area contributed by atoms with E-state index in [9.17, 15) is 9.90 Å². The van der Waals surface area contributed by atoms with Gasteiger partial charge in [0, 0.05) is 18.8 Å². The van der Waals surface area contributed by atoms with Crippen LogP contribution in [-0.4, -0.2) is 89.9 Å². The number of aliphatic hydroxyl groups excluding tert-OH is 1. The van der Waals surface area contributed by atoms with Crippen LogP contribution in [-0.2, 0) is 15.9 Å². The molecule has 1 aromatic carbocycles. The van der Waals surface area contributed by atoms with Crippen LogP contribution >= 0.6 is 0 Å². The molecule has 2 N–H and O–H groups in total. The standard InChI is InChI=1S/C29H38FN5O6/c1-6-39-29(37)35-11-12-38-15-20(35)7-10-25-17(2)27(26-18(3)34-41-19(26)4)33-28(32-25)23-13-22(8-9-24(23)30)40-16-21(36)14-31-5/h8-9,13,20-21,31,36H,6-7,10-12,14-16H2,1-5H3/t20-,21+/m1/s1. The van der Waals surface area contributed by atoms with Gasteiger partial charge in [-0.1, -0.05) is 5.16 Å². The number of ether oxygens (including phenoxy) is 3. The van der Waals surface area contributed by atoms with Gasteiger partial charge in [0.05, 0.1) is 48.4 Å². The van der Waals surface area contributed by atoms with Crippen molar-refractivity contribution >= 4 is 6.09 Å². The van der Waals surface area contributed by atoms with Crippen LogP contribution < -0.4 is 10.1 Å². The van der Waals surface area contributed by atoms with E-state index >= 15 is 4.39 Å². The molecule has 0 unspecified atom stereocenters. The quantitative estimate of drug-likeness (QED) is 0.352. The highest BCUT2D eigenvalue weighted by molar-refractivity contribution is 5.71. The Labute approximate surface area is 239 Å². The molecule has 4 rings (SSSR count). The number of hydrogen-bond donors (Lipinski definition) is 2. The molecule has 1 amide bonds. The number of likely N-dealkylation sites (N-methyl/N-ethyl adjacent to an activating group) is 1. The third kappa shape index (κ3) is 7.19. The summed E-state index contributed by atoms with van der Waals surface area (Å²) in [4.78, 5) is 23.8. The number of halogens is 1. The summed E-state index contributed by atoms with van der Waals surface area (Å²) < 4.78 is 37.3. The third-order valence-corrected chi connectivity index (χ3v) is 7.02. The molecule has 1 saturated heterocycles. The van der Waals surface area contributed by atoms with Crippen molar-refractivity contribution in [3.8, 4) is 28.4 Å². The van der Waals surface area contributed by atoms with E-state index in [1.54, 1.807) is 25.8 Å². The lowest BCUT2D eigenvalue weighted by Crippen LogP contribution is -2.49. The summed E-state index contributed by atoms with van der Waals surface area (Å²) >= 11 is 0. The Balaban J connectivity index is 1.70. The summed E-state index contributed by atoms with van der Waals surface area (Å²) in [6.45, 7) is 9.30. The Bertz CT molecular complexity index is 1330. The van der Waals surface area contributed by atoms with Crippen molar-refractivity contribution in [2.24, 2.45) is 0 Å². The second kappa shape index (κ2) is 13.8. The number of aliphatic hydroxyl groups is 1. The molecule has 0 saturated carbocycles. The minimum atomic E-state index is -0.722. The Hall–Kier alpha value is -3.61. The molecular formula is C29H38FN5O6. The number of benzene rings is 1. The lowest BCUT2D eigenvalue weighted by atomic mass is 9.99. The van der Waals surface area contributed by atoms with Crippen LogP contribution in [0.4, 0.5) is 9.18 Å². The molecule has 1 fully saturated rings. The number of morpholine rings is 1. The summed E-state index contributed by atoms with van der Waals surface area (Å²) in [5.74, 6) is 0.639. The minimum Gasteiger partial charge on any atom is -0.491 e. The molecule has 11 nitrogen and oxygen atoms in total. The number of hydrogen-bond acceptors (Lipinski definition) is 10. The van der Waals surface area contributed by atoms with Gasteiger partial charge in [-0.25, -0.2) is 19.2 Å². The van der Waals surface area contributed by atoms with Gasteiger partial charge in [0.2, 0.25) is 0 Å². The predicted octanol–water partition coefficient (Wildman–Crippen LogP) is 3.61. The van der Waals surface area contributed by atoms with Crippen LogP contribution in [0.1, 0.15) is 36.1 Å². The van der Waals surface area contributed by atoms with Crippen molar-refractivity contribution in [3.05, 3.63) is 46.7 Å². The van der Waals surface area contributed by atoms with Crippen molar-refractivity contribution in [3.63, 3.8) is 0 Å². The van der Waals surface area contributed by atoms with E-state index < -0.39 is 11.9 Å². The number of aromatic nitrogens is 3. The predicted molar refractivity (Wildman–Crippen MR) is 149 cm³/mol. The van der Waals surface area contributed by atoms with Crippen LogP contribution in [0.25, 0.3) is 22.6 Å². The molecule has 12 heteroatoms. The molecule has 0 aliphatic carbocycles. The monoisotopic (exact) mass is 571 g/mol. The fourth-order valence-electron chi connectivity index (χ4n) is 4.89. The SMILES string of the molecule is CCOC(=O)N1CCOC[C@H]1CCc1nc(-c2cc(OC[C@@H](O)CNC)ccc2F)nc(-c2c(C)noc2C)c1C. The molecule has 1 aliphatic rings. The molecule has 2 aromatic heterocycles. The van der Waals surface area contributed by atoms with Crippen molar-refractivity contribution in [1.29, 1.82) is 0 Å². The Morgan fingerprint density at radius 1 is 1.29 bits per heavy atom. The first-order valence-electron chi connectivity index (χ1n) is 13.8. The zero-order valence-electron chi connectivity index (χ0n) is 24.2. The molecule has 2 atom stereocenters. The number of carbonyl (C=O) groups excluding carboxylic acids is 1. The van der Waals surface area contributed by atoms with Crippen LogP contribution in [0.15, 0.2) is 22.7 Å². The number of aryl methyl sites for hydroxylation is 3. The van der Waals surface area contributed by atoms with E-state index in [-0.39, 0.29) is 30.1 Å². The summed E-state index contributed by atoms with van der Waals surface area (Å²) in [5, 5.41) is 17.0. The van der Waals surface area contributed by atoms with E-state index in [2.05, 4.69) is 10.5 Å². The van der Waals surface area contributed by atoms with Gasteiger partial charge >= 0.3 is 6.09 Å². The van der Waals surface area contributed by atoms with Gasteiger partial charge in [-0.3, -0.25) is 0 Å². The van der Waals surface area contributed by atoms with Gasteiger partial charge in [0.1, 0.15) is 30.0 Å². The molecule has 0 radical (unpaired) electrons. The average molecular weight is 572 g/mol. The largest absolute Gasteiger partial charge is 0.491 e. The molecule has 3 heterocycles. The molecule has 0 bridgehead atoms. The van der Waals surface area contributed by atoms with E-state index in [1.165, 1.54) is 18.2 Å². The third-order valence-electron chi connectivity index (χ3n) is 7.02. The van der Waals surface area contributed by atoms with E-state index in [4.69, 9.17) is 28.7 Å². The van der Waals surface area contributed by atoms with Gasteiger partial charge in [-0.05, 0) is 71.3 Å².